The van der Waals surface area contributed by atoms with Gasteiger partial charge >= 0.3 is 0 Å². The zero-order valence-electron chi connectivity index (χ0n) is 15.7. The summed E-state index contributed by atoms with van der Waals surface area (Å²) < 4.78 is 0. The van der Waals surface area contributed by atoms with Gasteiger partial charge in [-0.25, -0.2) is 0 Å². The second kappa shape index (κ2) is 8.46. The molecule has 3 heterocycles. The number of amides is 1. The molecule has 6 nitrogen and oxygen atoms in total. The Balaban J connectivity index is 1.38. The highest BCUT2D eigenvalue weighted by molar-refractivity contribution is 5.79. The lowest BCUT2D eigenvalue weighted by Gasteiger charge is -2.34. The third kappa shape index (κ3) is 4.43. The zero-order chi connectivity index (χ0) is 18.5. The third-order valence-corrected chi connectivity index (χ3v) is 5.69. The van der Waals surface area contributed by atoms with Crippen LogP contribution >= 0.6 is 0 Å². The topological polar surface area (TPSA) is 71.0 Å². The van der Waals surface area contributed by atoms with Crippen molar-refractivity contribution in [3.8, 4) is 11.3 Å². The van der Waals surface area contributed by atoms with Gasteiger partial charge in [-0.2, -0.15) is 0 Å². The van der Waals surface area contributed by atoms with Crippen LogP contribution in [0.4, 0.5) is 5.82 Å². The summed E-state index contributed by atoms with van der Waals surface area (Å²) in [6, 6.07) is 8.22. The van der Waals surface area contributed by atoms with Gasteiger partial charge in [-0.3, -0.25) is 9.78 Å². The minimum atomic E-state index is 0.0438. The highest BCUT2D eigenvalue weighted by Crippen LogP contribution is 2.24. The van der Waals surface area contributed by atoms with Gasteiger partial charge in [0.05, 0.1) is 11.6 Å². The number of hydrogen-bond donors (Lipinski definition) is 1. The first-order chi connectivity index (χ1) is 13.3. The van der Waals surface area contributed by atoms with Crippen molar-refractivity contribution in [2.45, 2.75) is 51.0 Å². The Bertz CT molecular complexity index is 743. The van der Waals surface area contributed by atoms with Crippen molar-refractivity contribution in [2.24, 2.45) is 5.92 Å². The number of nitrogens with zero attached hydrogens (tertiary/aromatic N) is 4. The Hall–Kier alpha value is -2.50. The van der Waals surface area contributed by atoms with E-state index in [4.69, 9.17) is 0 Å². The summed E-state index contributed by atoms with van der Waals surface area (Å²) in [5.74, 6) is 1.11. The monoisotopic (exact) mass is 365 g/mol. The van der Waals surface area contributed by atoms with Gasteiger partial charge in [0.15, 0.2) is 5.82 Å². The Labute approximate surface area is 160 Å². The predicted octanol–water partition coefficient (Wildman–Crippen LogP) is 3.20. The molecule has 27 heavy (non-hydrogen) atoms. The van der Waals surface area contributed by atoms with Gasteiger partial charge in [0.2, 0.25) is 5.91 Å². The number of piperidine rings is 1. The van der Waals surface area contributed by atoms with Crippen LogP contribution in [-0.2, 0) is 4.79 Å². The van der Waals surface area contributed by atoms with Crippen LogP contribution in [0.15, 0.2) is 36.7 Å². The summed E-state index contributed by atoms with van der Waals surface area (Å²) in [7, 11) is 0. The van der Waals surface area contributed by atoms with Gasteiger partial charge < -0.3 is 10.2 Å². The molecule has 1 N–H and O–H groups in total. The molecule has 2 aromatic heterocycles. The SMILES string of the molecule is O=C(NC1CCCCC1)C1CCCN(c2ccc(-c3ccncc3)nn2)C1. The van der Waals surface area contributed by atoms with E-state index in [9.17, 15) is 4.79 Å². The van der Waals surface area contributed by atoms with Crippen molar-refractivity contribution in [1.29, 1.82) is 0 Å². The molecule has 0 aromatic carbocycles. The summed E-state index contributed by atoms with van der Waals surface area (Å²) >= 11 is 0. The molecule has 1 saturated carbocycles. The number of aromatic nitrogens is 3. The number of carbonyl (C=O) groups is 1. The highest BCUT2D eigenvalue weighted by atomic mass is 16.2. The van der Waals surface area contributed by atoms with E-state index >= 15 is 0 Å². The van der Waals surface area contributed by atoms with Crippen molar-refractivity contribution < 1.29 is 4.79 Å². The van der Waals surface area contributed by atoms with E-state index in [0.29, 0.717) is 6.04 Å². The lowest BCUT2D eigenvalue weighted by Crippen LogP contribution is -2.46. The fourth-order valence-electron chi connectivity index (χ4n) is 4.14. The quantitative estimate of drug-likeness (QED) is 0.901. The van der Waals surface area contributed by atoms with Crippen LogP contribution in [0.25, 0.3) is 11.3 Å². The maximum absolute atomic E-state index is 12.7. The average Bonchev–Trinajstić information content (AvgIpc) is 2.75. The van der Waals surface area contributed by atoms with Crippen LogP contribution in [0.1, 0.15) is 44.9 Å². The molecule has 2 aromatic rings. The van der Waals surface area contributed by atoms with Gasteiger partial charge in [0.1, 0.15) is 0 Å². The van der Waals surface area contributed by atoms with E-state index in [2.05, 4.69) is 25.4 Å². The maximum atomic E-state index is 12.7. The number of nitrogens with one attached hydrogen (secondary N) is 1. The zero-order valence-corrected chi connectivity index (χ0v) is 15.7. The molecule has 0 radical (unpaired) electrons. The van der Waals surface area contributed by atoms with E-state index in [1.807, 2.05) is 24.3 Å². The van der Waals surface area contributed by atoms with Crippen molar-refractivity contribution in [1.82, 2.24) is 20.5 Å². The van der Waals surface area contributed by atoms with Gasteiger partial charge in [0.25, 0.3) is 0 Å². The molecule has 1 unspecified atom stereocenters. The molecule has 1 atom stereocenters. The Morgan fingerprint density at radius 1 is 0.963 bits per heavy atom. The summed E-state index contributed by atoms with van der Waals surface area (Å²) in [5, 5.41) is 12.1. The third-order valence-electron chi connectivity index (χ3n) is 5.69. The van der Waals surface area contributed by atoms with E-state index in [0.717, 1.165) is 55.8 Å². The van der Waals surface area contributed by atoms with Gasteiger partial charge in [-0.15, -0.1) is 10.2 Å². The van der Waals surface area contributed by atoms with Crippen LogP contribution < -0.4 is 10.2 Å². The lowest BCUT2D eigenvalue weighted by atomic mass is 9.93. The van der Waals surface area contributed by atoms with Crippen molar-refractivity contribution in [2.75, 3.05) is 18.0 Å². The van der Waals surface area contributed by atoms with Crippen LogP contribution in [0, 0.1) is 5.92 Å². The molecular weight excluding hydrogens is 338 g/mol. The van der Waals surface area contributed by atoms with Gasteiger partial charge in [0, 0.05) is 37.1 Å². The molecule has 142 valence electrons. The molecule has 2 aliphatic rings. The summed E-state index contributed by atoms with van der Waals surface area (Å²) in [4.78, 5) is 18.9. The number of rotatable bonds is 4. The van der Waals surface area contributed by atoms with E-state index in [-0.39, 0.29) is 11.8 Å². The summed E-state index contributed by atoms with van der Waals surface area (Å²) in [5.41, 5.74) is 1.84. The normalized spacial score (nSPS) is 21.0. The minimum Gasteiger partial charge on any atom is -0.354 e. The summed E-state index contributed by atoms with van der Waals surface area (Å²) in [6.45, 7) is 1.65. The average molecular weight is 365 g/mol. The fourth-order valence-corrected chi connectivity index (χ4v) is 4.14. The van der Waals surface area contributed by atoms with Crippen LogP contribution in [-0.4, -0.2) is 40.2 Å². The fraction of sp³-hybridized carbons (Fsp3) is 0.524. The van der Waals surface area contributed by atoms with Crippen LogP contribution in [0.3, 0.4) is 0 Å². The minimum absolute atomic E-state index is 0.0438. The molecule has 1 saturated heterocycles. The highest BCUT2D eigenvalue weighted by Gasteiger charge is 2.28. The summed E-state index contributed by atoms with van der Waals surface area (Å²) in [6.07, 6.45) is 11.5. The second-order valence-electron chi connectivity index (χ2n) is 7.64. The molecule has 0 bridgehead atoms. The number of hydrogen-bond acceptors (Lipinski definition) is 5. The lowest BCUT2D eigenvalue weighted by molar-refractivity contribution is -0.126. The second-order valence-corrected chi connectivity index (χ2v) is 7.64. The molecule has 1 amide bonds. The van der Waals surface area contributed by atoms with Gasteiger partial charge in [-0.05, 0) is 49.9 Å². The first-order valence-electron chi connectivity index (χ1n) is 10.1. The molecule has 1 aliphatic carbocycles. The molecular formula is C21H27N5O. The predicted molar refractivity (Wildman–Crippen MR) is 105 cm³/mol. The standard InChI is InChI=1S/C21H27N5O/c27-21(23-18-6-2-1-3-7-18)17-5-4-14-26(15-17)20-9-8-19(24-25-20)16-10-12-22-13-11-16/h8-13,17-18H,1-7,14-15H2,(H,23,27). The van der Waals surface area contributed by atoms with Crippen LogP contribution in [0.5, 0.6) is 0 Å². The van der Waals surface area contributed by atoms with E-state index in [1.54, 1.807) is 12.4 Å². The number of anilines is 1. The first kappa shape index (κ1) is 17.9. The largest absolute Gasteiger partial charge is 0.354 e. The first-order valence-corrected chi connectivity index (χ1v) is 10.1. The molecule has 0 spiro atoms. The number of carbonyl (C=O) groups excluding carboxylic acids is 1. The molecule has 1 aliphatic heterocycles. The van der Waals surface area contributed by atoms with Crippen molar-refractivity contribution in [3.05, 3.63) is 36.7 Å². The smallest absolute Gasteiger partial charge is 0.225 e. The Kier molecular flexibility index (Phi) is 5.61. The van der Waals surface area contributed by atoms with E-state index in [1.165, 1.54) is 19.3 Å². The molecule has 4 rings (SSSR count). The van der Waals surface area contributed by atoms with E-state index < -0.39 is 0 Å². The Morgan fingerprint density at radius 2 is 1.78 bits per heavy atom. The van der Waals surface area contributed by atoms with Crippen molar-refractivity contribution >= 4 is 11.7 Å². The molecule has 2 fully saturated rings. The molecule has 6 heteroatoms. The number of pyridine rings is 1. The Morgan fingerprint density at radius 3 is 2.52 bits per heavy atom. The maximum Gasteiger partial charge on any atom is 0.225 e. The van der Waals surface area contributed by atoms with Crippen molar-refractivity contribution in [3.63, 3.8) is 0 Å². The van der Waals surface area contributed by atoms with Crippen LogP contribution in [0.2, 0.25) is 0 Å². The van der Waals surface area contributed by atoms with Gasteiger partial charge in [-0.1, -0.05) is 19.3 Å².